The molecule has 2 aliphatic rings. The lowest BCUT2D eigenvalue weighted by Crippen LogP contribution is -2.46. The van der Waals surface area contributed by atoms with Crippen molar-refractivity contribution in [3.8, 4) is 0 Å². The van der Waals surface area contributed by atoms with Gasteiger partial charge in [0.25, 0.3) is 5.91 Å². The lowest BCUT2D eigenvalue weighted by Gasteiger charge is -2.32. The number of nitrogens with one attached hydrogen (secondary N) is 1. The largest absolute Gasteiger partial charge is 0.323 e. The minimum absolute atomic E-state index is 0.0167. The fraction of sp³-hybridized carbons (Fsp3) is 0.238. The zero-order valence-corrected chi connectivity index (χ0v) is 17.0. The smallest absolute Gasteiger partial charge is 0.271 e. The van der Waals surface area contributed by atoms with Crippen LogP contribution < -0.4 is 5.32 Å². The van der Waals surface area contributed by atoms with Crippen LogP contribution in [0.1, 0.15) is 19.4 Å². The summed E-state index contributed by atoms with van der Waals surface area (Å²) >= 11 is 1.13. The van der Waals surface area contributed by atoms with E-state index in [1.54, 1.807) is 4.90 Å². The van der Waals surface area contributed by atoms with Crippen LogP contribution in [-0.4, -0.2) is 39.5 Å². The van der Waals surface area contributed by atoms with Gasteiger partial charge in [-0.05, 0) is 30.2 Å². The second-order valence-electron chi connectivity index (χ2n) is 7.21. The van der Waals surface area contributed by atoms with Gasteiger partial charge in [-0.25, -0.2) is 13.8 Å². The van der Waals surface area contributed by atoms with Gasteiger partial charge in [-0.3, -0.25) is 14.5 Å². The maximum Gasteiger partial charge on any atom is 0.271 e. The molecule has 0 aliphatic carbocycles. The number of hydrogen-bond donors (Lipinski definition) is 1. The van der Waals surface area contributed by atoms with E-state index in [4.69, 9.17) is 0 Å². The highest BCUT2D eigenvalue weighted by molar-refractivity contribution is 8.14. The average Bonchev–Trinajstić information content (AvgIpc) is 3.06. The van der Waals surface area contributed by atoms with Crippen molar-refractivity contribution in [3.63, 3.8) is 0 Å². The number of amides is 2. The van der Waals surface area contributed by atoms with Crippen molar-refractivity contribution in [2.24, 2.45) is 15.9 Å². The third-order valence-corrected chi connectivity index (χ3v) is 5.66. The molecule has 30 heavy (non-hydrogen) atoms. The fourth-order valence-corrected chi connectivity index (χ4v) is 4.21. The molecule has 4 rings (SSSR count). The van der Waals surface area contributed by atoms with Crippen molar-refractivity contribution >= 4 is 46.0 Å². The number of anilines is 1. The molecule has 154 valence electrons. The molecule has 1 unspecified atom stereocenters. The molecule has 0 spiro atoms. The molecule has 1 N–H and O–H groups in total. The van der Waals surface area contributed by atoms with E-state index in [-0.39, 0.29) is 23.3 Å². The number of para-hydroxylation sites is 1. The molecular formula is C21H18F2N4O2S. The van der Waals surface area contributed by atoms with Crippen molar-refractivity contribution in [2.45, 2.75) is 19.9 Å². The molecule has 2 heterocycles. The molecule has 0 bridgehead atoms. The number of fused-ring (bicyclic) bond motifs is 3. The highest BCUT2D eigenvalue weighted by Gasteiger charge is 2.43. The maximum atomic E-state index is 13.8. The first-order valence-electron chi connectivity index (χ1n) is 9.32. The number of amidine groups is 2. The Morgan fingerprint density at radius 3 is 2.70 bits per heavy atom. The zero-order chi connectivity index (χ0) is 21.4. The van der Waals surface area contributed by atoms with Gasteiger partial charge in [-0.1, -0.05) is 37.7 Å². The second kappa shape index (κ2) is 7.98. The van der Waals surface area contributed by atoms with Crippen molar-refractivity contribution < 1.29 is 18.4 Å². The molecule has 2 amide bonds. The summed E-state index contributed by atoms with van der Waals surface area (Å²) in [6.07, 6.45) is 0. The number of carbonyl (C=O) groups excluding carboxylic acids is 2. The number of hydrogen-bond acceptors (Lipinski definition) is 5. The van der Waals surface area contributed by atoms with E-state index in [1.807, 2.05) is 38.1 Å². The van der Waals surface area contributed by atoms with Crippen molar-refractivity contribution in [1.29, 1.82) is 0 Å². The van der Waals surface area contributed by atoms with Crippen molar-refractivity contribution in [3.05, 3.63) is 59.7 Å². The molecule has 2 aliphatic heterocycles. The number of thioether (sulfide) groups is 1. The Hall–Kier alpha value is -3.07. The average molecular weight is 428 g/mol. The van der Waals surface area contributed by atoms with Crippen LogP contribution in [-0.2, 0) is 9.59 Å². The number of aliphatic imine (C=N–C) groups is 2. The molecule has 0 fully saturated rings. The molecule has 1 atom stereocenters. The van der Waals surface area contributed by atoms with Gasteiger partial charge in [-0.2, -0.15) is 4.99 Å². The fourth-order valence-electron chi connectivity index (χ4n) is 3.38. The van der Waals surface area contributed by atoms with Gasteiger partial charge < -0.3 is 5.32 Å². The SMILES string of the molecule is CC(C)C1C(=O)N=C2c3ccccc3N=C(SCC(=O)Nc3ccc(F)cc3F)N21. The van der Waals surface area contributed by atoms with Gasteiger partial charge in [0.2, 0.25) is 5.91 Å². The molecule has 2 aromatic carbocycles. The first-order chi connectivity index (χ1) is 14.3. The van der Waals surface area contributed by atoms with Crippen LogP contribution in [0.5, 0.6) is 0 Å². The Kier molecular flexibility index (Phi) is 5.38. The summed E-state index contributed by atoms with van der Waals surface area (Å²) in [5, 5.41) is 2.90. The summed E-state index contributed by atoms with van der Waals surface area (Å²) in [5.74, 6) is -1.86. The highest BCUT2D eigenvalue weighted by atomic mass is 32.2. The quantitative estimate of drug-likeness (QED) is 0.800. The van der Waals surface area contributed by atoms with Crippen molar-refractivity contribution in [2.75, 3.05) is 11.1 Å². The van der Waals surface area contributed by atoms with E-state index in [0.29, 0.717) is 22.8 Å². The lowest BCUT2D eigenvalue weighted by atomic mass is 10.0. The number of carbonyl (C=O) groups is 2. The summed E-state index contributed by atoms with van der Waals surface area (Å²) < 4.78 is 26.8. The van der Waals surface area contributed by atoms with E-state index >= 15 is 0 Å². The van der Waals surface area contributed by atoms with Crippen molar-refractivity contribution in [1.82, 2.24) is 4.90 Å². The van der Waals surface area contributed by atoms with Crippen LogP contribution in [0.15, 0.2) is 52.4 Å². The van der Waals surface area contributed by atoms with Gasteiger partial charge in [0, 0.05) is 11.6 Å². The van der Waals surface area contributed by atoms with Gasteiger partial charge >= 0.3 is 0 Å². The number of nitrogens with zero attached hydrogens (tertiary/aromatic N) is 3. The van der Waals surface area contributed by atoms with E-state index in [9.17, 15) is 18.4 Å². The maximum absolute atomic E-state index is 13.8. The molecule has 0 aromatic heterocycles. The van der Waals surface area contributed by atoms with Gasteiger partial charge in [0.15, 0.2) is 5.17 Å². The Labute approximate surface area is 176 Å². The number of halogens is 2. The van der Waals surface area contributed by atoms with Gasteiger partial charge in [-0.15, -0.1) is 0 Å². The Morgan fingerprint density at radius 2 is 1.97 bits per heavy atom. The van der Waals surface area contributed by atoms with Crippen LogP contribution in [0, 0.1) is 17.6 Å². The summed E-state index contributed by atoms with van der Waals surface area (Å²) in [6, 6.07) is 9.80. The zero-order valence-electron chi connectivity index (χ0n) is 16.2. The Bertz CT molecular complexity index is 1100. The number of rotatable bonds is 4. The van der Waals surface area contributed by atoms with Gasteiger partial charge in [0.05, 0.1) is 17.1 Å². The van der Waals surface area contributed by atoms with Crippen LogP contribution in [0.2, 0.25) is 0 Å². The highest BCUT2D eigenvalue weighted by Crippen LogP contribution is 2.35. The number of benzene rings is 2. The van der Waals surface area contributed by atoms with Crippen LogP contribution in [0.4, 0.5) is 20.2 Å². The van der Waals surface area contributed by atoms with E-state index in [0.717, 1.165) is 23.4 Å². The molecule has 2 aromatic rings. The second-order valence-corrected chi connectivity index (χ2v) is 8.15. The Morgan fingerprint density at radius 1 is 1.20 bits per heavy atom. The van der Waals surface area contributed by atoms with E-state index < -0.39 is 23.6 Å². The van der Waals surface area contributed by atoms with Crippen LogP contribution >= 0.6 is 11.8 Å². The molecule has 0 saturated carbocycles. The lowest BCUT2D eigenvalue weighted by molar-refractivity contribution is -0.120. The molecule has 6 nitrogen and oxygen atoms in total. The Balaban J connectivity index is 1.56. The minimum atomic E-state index is -0.850. The minimum Gasteiger partial charge on any atom is -0.323 e. The predicted molar refractivity (Wildman–Crippen MR) is 113 cm³/mol. The summed E-state index contributed by atoms with van der Waals surface area (Å²) in [4.78, 5) is 35.5. The van der Waals surface area contributed by atoms with Crippen LogP contribution in [0.25, 0.3) is 0 Å². The molecular weight excluding hydrogens is 410 g/mol. The third-order valence-electron chi connectivity index (χ3n) is 4.71. The van der Waals surface area contributed by atoms with E-state index in [2.05, 4.69) is 15.3 Å². The first kappa shape index (κ1) is 20.2. The third kappa shape index (κ3) is 3.72. The summed E-state index contributed by atoms with van der Waals surface area (Å²) in [6.45, 7) is 3.85. The predicted octanol–water partition coefficient (Wildman–Crippen LogP) is 3.95. The topological polar surface area (TPSA) is 74.1 Å². The molecule has 9 heteroatoms. The van der Waals surface area contributed by atoms with E-state index in [1.165, 1.54) is 6.07 Å². The molecule has 0 saturated heterocycles. The van der Waals surface area contributed by atoms with Gasteiger partial charge in [0.1, 0.15) is 23.5 Å². The molecule has 0 radical (unpaired) electrons. The normalized spacial score (nSPS) is 17.4. The summed E-state index contributed by atoms with van der Waals surface area (Å²) in [7, 11) is 0. The van der Waals surface area contributed by atoms with Crippen LogP contribution in [0.3, 0.4) is 0 Å². The first-order valence-corrected chi connectivity index (χ1v) is 10.3. The standard InChI is InChI=1S/C21H18F2N4O2S/c1-11(2)18-20(29)26-19-13-5-3-4-6-15(13)25-21(27(18)19)30-10-17(28)24-16-8-7-12(22)9-14(16)23/h3-9,11,18H,10H2,1-2H3,(H,24,28). The summed E-state index contributed by atoms with van der Waals surface area (Å²) in [5.41, 5.74) is 1.32. The monoisotopic (exact) mass is 428 g/mol.